The Morgan fingerprint density at radius 1 is 1.18 bits per heavy atom. The molecule has 178 valence electrons. The van der Waals surface area contributed by atoms with Crippen LogP contribution in [-0.4, -0.2) is 54.2 Å². The van der Waals surface area contributed by atoms with Crippen molar-refractivity contribution in [2.45, 2.75) is 45.2 Å². The maximum atomic E-state index is 14.8. The Kier molecular flexibility index (Phi) is 6.41. The van der Waals surface area contributed by atoms with Crippen LogP contribution in [0.5, 0.6) is 0 Å². The molecule has 6 nitrogen and oxygen atoms in total. The van der Waals surface area contributed by atoms with Crippen molar-refractivity contribution < 1.29 is 8.78 Å². The third-order valence-corrected chi connectivity index (χ3v) is 6.81. The first-order chi connectivity index (χ1) is 16.1. The van der Waals surface area contributed by atoms with Crippen LogP contribution >= 0.6 is 0 Å². The summed E-state index contributed by atoms with van der Waals surface area (Å²) < 4.78 is 29.7. The number of benzene rings is 2. The normalized spacial score (nSPS) is 18.7. The van der Waals surface area contributed by atoms with Crippen LogP contribution in [-0.2, 0) is 0 Å². The fourth-order valence-corrected chi connectivity index (χ4v) is 4.89. The summed E-state index contributed by atoms with van der Waals surface area (Å²) in [6, 6.07) is 12.7. The fraction of sp³-hybridized carbons (Fsp3) is 0.423. The first kappa shape index (κ1) is 23.8. The lowest BCUT2D eigenvalue weighted by atomic mass is 9.97. The summed E-state index contributed by atoms with van der Waals surface area (Å²) in [5, 5.41) is 23.3. The zero-order chi connectivity index (χ0) is 24.6. The molecule has 2 heterocycles. The van der Waals surface area contributed by atoms with Gasteiger partial charge in [-0.1, -0.05) is 18.2 Å². The van der Waals surface area contributed by atoms with E-state index >= 15 is 0 Å². The van der Waals surface area contributed by atoms with Crippen molar-refractivity contribution in [2.75, 3.05) is 37.4 Å². The van der Waals surface area contributed by atoms with Crippen molar-refractivity contribution in [3.63, 3.8) is 0 Å². The first-order valence-corrected chi connectivity index (χ1v) is 11.4. The molecule has 8 heteroatoms. The van der Waals surface area contributed by atoms with Crippen LogP contribution in [0.25, 0.3) is 10.8 Å². The van der Waals surface area contributed by atoms with E-state index in [1.165, 1.54) is 0 Å². The van der Waals surface area contributed by atoms with Crippen molar-refractivity contribution >= 4 is 22.3 Å². The van der Waals surface area contributed by atoms with Crippen molar-refractivity contribution in [1.82, 2.24) is 15.1 Å². The number of nitriles is 1. The Labute approximate surface area is 199 Å². The molecule has 3 aromatic rings. The van der Waals surface area contributed by atoms with Gasteiger partial charge in [-0.15, -0.1) is 5.10 Å². The van der Waals surface area contributed by atoms with E-state index in [4.69, 9.17) is 0 Å². The number of nitrogens with one attached hydrogen (secondary N) is 1. The molecule has 1 aromatic heterocycles. The van der Waals surface area contributed by atoms with Crippen molar-refractivity contribution in [3.8, 4) is 6.07 Å². The Hall–Kier alpha value is -3.31. The second-order valence-electron chi connectivity index (χ2n) is 9.31. The fourth-order valence-electron chi connectivity index (χ4n) is 4.89. The number of halogens is 2. The molecular formula is C26H30F2N6. The average Bonchev–Trinajstić information content (AvgIpc) is 2.79. The average molecular weight is 465 g/mol. The lowest BCUT2D eigenvalue weighted by Crippen LogP contribution is -2.56. The minimum Gasteiger partial charge on any atom is -0.365 e. The van der Waals surface area contributed by atoms with Crippen molar-refractivity contribution in [2.24, 2.45) is 0 Å². The van der Waals surface area contributed by atoms with Gasteiger partial charge in [0.25, 0.3) is 5.92 Å². The highest BCUT2D eigenvalue weighted by molar-refractivity contribution is 5.95. The van der Waals surface area contributed by atoms with Crippen LogP contribution < -0.4 is 10.2 Å². The number of aromatic nitrogens is 2. The maximum Gasteiger partial charge on any atom is 0.280 e. The van der Waals surface area contributed by atoms with Crippen LogP contribution in [0.4, 0.5) is 20.3 Å². The van der Waals surface area contributed by atoms with E-state index in [2.05, 4.69) is 21.6 Å². The van der Waals surface area contributed by atoms with Crippen LogP contribution in [0.1, 0.15) is 41.8 Å². The number of anilines is 2. The second-order valence-corrected chi connectivity index (χ2v) is 9.31. The van der Waals surface area contributed by atoms with E-state index in [9.17, 15) is 14.0 Å². The molecule has 4 rings (SSSR count). The molecule has 1 fully saturated rings. The number of fused-ring (bicyclic) bond motifs is 1. The van der Waals surface area contributed by atoms with Gasteiger partial charge >= 0.3 is 0 Å². The standard InChI is InChI=1S/C26H30F2N6/c1-16-19(14-29)7-6-8-21(16)17(2)30-25-23-13-20(9-10-22(23)18(3)31-32-25)34-12-11-24(33(4)5)26(27,28)15-34/h6-10,13,17,24H,11-12,15H2,1-5H3,(H,30,32)/t17-,24+/m1/s1. The lowest BCUT2D eigenvalue weighted by molar-refractivity contribution is -0.0751. The first-order valence-electron chi connectivity index (χ1n) is 11.4. The largest absolute Gasteiger partial charge is 0.365 e. The Balaban J connectivity index is 1.68. The van der Waals surface area contributed by atoms with Crippen LogP contribution in [0.2, 0.25) is 0 Å². The van der Waals surface area contributed by atoms with E-state index in [1.807, 2.05) is 51.1 Å². The smallest absolute Gasteiger partial charge is 0.280 e. The number of hydrogen-bond donors (Lipinski definition) is 1. The molecule has 1 aliphatic heterocycles. The van der Waals surface area contributed by atoms with Gasteiger partial charge in [0.15, 0.2) is 5.82 Å². The van der Waals surface area contributed by atoms with Gasteiger partial charge in [-0.25, -0.2) is 8.78 Å². The molecule has 1 saturated heterocycles. The zero-order valence-corrected chi connectivity index (χ0v) is 20.2. The summed E-state index contributed by atoms with van der Waals surface area (Å²) in [6.07, 6.45) is 0.391. The highest BCUT2D eigenvalue weighted by Crippen LogP contribution is 2.35. The molecular weight excluding hydrogens is 434 g/mol. The molecule has 0 radical (unpaired) electrons. The van der Waals surface area contributed by atoms with Gasteiger partial charge in [-0.3, -0.25) is 0 Å². The highest BCUT2D eigenvalue weighted by Gasteiger charge is 2.45. The lowest BCUT2D eigenvalue weighted by Gasteiger charge is -2.42. The molecule has 0 spiro atoms. The molecule has 1 aliphatic rings. The third-order valence-electron chi connectivity index (χ3n) is 6.81. The molecule has 34 heavy (non-hydrogen) atoms. The third kappa shape index (κ3) is 4.40. The van der Waals surface area contributed by atoms with E-state index in [-0.39, 0.29) is 12.6 Å². The van der Waals surface area contributed by atoms with Gasteiger partial charge in [0.1, 0.15) is 0 Å². The molecule has 0 bridgehead atoms. The van der Waals surface area contributed by atoms with E-state index < -0.39 is 12.0 Å². The zero-order valence-electron chi connectivity index (χ0n) is 20.2. The Morgan fingerprint density at radius 3 is 2.62 bits per heavy atom. The summed E-state index contributed by atoms with van der Waals surface area (Å²) in [6.45, 7) is 6.06. The van der Waals surface area contributed by atoms with Crippen LogP contribution in [0.15, 0.2) is 36.4 Å². The number of alkyl halides is 2. The number of nitrogens with zero attached hydrogens (tertiary/aromatic N) is 5. The monoisotopic (exact) mass is 464 g/mol. The number of rotatable bonds is 5. The summed E-state index contributed by atoms with van der Waals surface area (Å²) >= 11 is 0. The Morgan fingerprint density at radius 2 is 1.94 bits per heavy atom. The van der Waals surface area contributed by atoms with Gasteiger partial charge in [0, 0.05) is 23.0 Å². The van der Waals surface area contributed by atoms with Gasteiger partial charge in [-0.05, 0) is 70.6 Å². The summed E-state index contributed by atoms with van der Waals surface area (Å²) in [4.78, 5) is 3.37. The number of hydrogen-bond acceptors (Lipinski definition) is 6. The number of aryl methyl sites for hydroxylation is 1. The molecule has 2 atom stereocenters. The molecule has 0 saturated carbocycles. The quantitative estimate of drug-likeness (QED) is 0.569. The van der Waals surface area contributed by atoms with E-state index in [0.29, 0.717) is 24.3 Å². The predicted octanol–water partition coefficient (Wildman–Crippen LogP) is 5.07. The van der Waals surface area contributed by atoms with E-state index in [1.54, 1.807) is 30.0 Å². The van der Waals surface area contributed by atoms with Gasteiger partial charge in [0.2, 0.25) is 0 Å². The van der Waals surface area contributed by atoms with Crippen LogP contribution in [0, 0.1) is 25.2 Å². The summed E-state index contributed by atoms with van der Waals surface area (Å²) in [5.74, 6) is -2.21. The van der Waals surface area contributed by atoms with E-state index in [0.717, 1.165) is 33.3 Å². The van der Waals surface area contributed by atoms with Gasteiger partial charge in [-0.2, -0.15) is 10.4 Å². The highest BCUT2D eigenvalue weighted by atomic mass is 19.3. The predicted molar refractivity (Wildman–Crippen MR) is 131 cm³/mol. The second kappa shape index (κ2) is 9.15. The maximum absolute atomic E-state index is 14.8. The Bertz CT molecular complexity index is 1250. The van der Waals surface area contributed by atoms with Gasteiger partial charge < -0.3 is 15.1 Å². The molecule has 1 N–H and O–H groups in total. The minimum absolute atomic E-state index is 0.127. The van der Waals surface area contributed by atoms with Crippen LogP contribution in [0.3, 0.4) is 0 Å². The molecule has 2 aromatic carbocycles. The SMILES string of the molecule is Cc1c(C#N)cccc1[C@@H](C)Nc1nnc(C)c2ccc(N3CC[C@H](N(C)C)C(F)(F)C3)cc12. The summed E-state index contributed by atoms with van der Waals surface area (Å²) in [7, 11) is 3.41. The molecule has 0 unspecified atom stereocenters. The van der Waals surface area contributed by atoms with Crippen molar-refractivity contribution in [3.05, 3.63) is 58.8 Å². The topological polar surface area (TPSA) is 68.1 Å². The minimum atomic E-state index is -2.80. The molecule has 0 aliphatic carbocycles. The van der Waals surface area contributed by atoms with Crippen molar-refractivity contribution in [1.29, 1.82) is 5.26 Å². The summed E-state index contributed by atoms with van der Waals surface area (Å²) in [5.41, 5.74) is 4.07. The van der Waals surface area contributed by atoms with Gasteiger partial charge in [0.05, 0.1) is 36.0 Å². The number of piperidine rings is 1. The molecule has 0 amide bonds.